The summed E-state index contributed by atoms with van der Waals surface area (Å²) in [6.45, 7) is 2.23. The molecule has 0 unspecified atom stereocenters. The van der Waals surface area contributed by atoms with Gasteiger partial charge in [0.05, 0.1) is 6.21 Å². The Hall–Kier alpha value is -2.54. The highest BCUT2D eigenvalue weighted by Gasteiger charge is 2.06. The zero-order valence-corrected chi connectivity index (χ0v) is 13.7. The summed E-state index contributed by atoms with van der Waals surface area (Å²) in [4.78, 5) is 0. The lowest BCUT2D eigenvalue weighted by atomic mass is 10.3. The third kappa shape index (κ3) is 3.81. The molecular weight excluding hydrogens is 312 g/mol. The number of rotatable bonds is 6. The monoisotopic (exact) mass is 328 g/mol. The summed E-state index contributed by atoms with van der Waals surface area (Å²) in [5.41, 5.74) is 0. The number of hydrogen-bond donors (Lipinski definition) is 0. The smallest absolute Gasteiger partial charge is 0.211 e. The van der Waals surface area contributed by atoms with E-state index in [9.17, 15) is 0 Å². The highest BCUT2D eigenvalue weighted by molar-refractivity contribution is 7.98. The SMILES string of the molecule is CSc1nnc(C)n1/N=C\c1ccc(COc2ccccc2)o1. The summed E-state index contributed by atoms with van der Waals surface area (Å²) in [5, 5.41) is 13.1. The number of para-hydroxylation sites is 1. The molecule has 3 rings (SSSR count). The highest BCUT2D eigenvalue weighted by Crippen LogP contribution is 2.15. The molecule has 0 aliphatic carbocycles. The minimum atomic E-state index is 0.375. The molecule has 0 N–H and O–H groups in total. The predicted molar refractivity (Wildman–Crippen MR) is 89.0 cm³/mol. The Morgan fingerprint density at radius 2 is 2.04 bits per heavy atom. The first-order chi connectivity index (χ1) is 11.3. The predicted octanol–water partition coefficient (Wildman–Crippen LogP) is 3.36. The van der Waals surface area contributed by atoms with Gasteiger partial charge < -0.3 is 9.15 Å². The molecule has 0 saturated carbocycles. The summed E-state index contributed by atoms with van der Waals surface area (Å²) in [7, 11) is 0. The van der Waals surface area contributed by atoms with Gasteiger partial charge in [-0.25, -0.2) is 0 Å². The molecule has 23 heavy (non-hydrogen) atoms. The Morgan fingerprint density at radius 1 is 1.22 bits per heavy atom. The molecule has 0 aliphatic rings. The van der Waals surface area contributed by atoms with Crippen molar-refractivity contribution in [2.75, 3.05) is 6.26 Å². The lowest BCUT2D eigenvalue weighted by molar-refractivity contribution is 0.270. The number of furan rings is 1. The van der Waals surface area contributed by atoms with E-state index in [0.29, 0.717) is 12.4 Å². The second-order valence-electron chi connectivity index (χ2n) is 4.70. The molecule has 0 spiro atoms. The van der Waals surface area contributed by atoms with Crippen LogP contribution in [-0.4, -0.2) is 27.3 Å². The number of aryl methyl sites for hydroxylation is 1. The molecule has 1 aromatic carbocycles. The van der Waals surface area contributed by atoms with Crippen molar-refractivity contribution in [2.24, 2.45) is 5.10 Å². The van der Waals surface area contributed by atoms with Crippen LogP contribution in [0.1, 0.15) is 17.3 Å². The van der Waals surface area contributed by atoms with Crippen molar-refractivity contribution >= 4 is 18.0 Å². The van der Waals surface area contributed by atoms with Crippen LogP contribution < -0.4 is 4.74 Å². The minimum Gasteiger partial charge on any atom is -0.486 e. The number of benzene rings is 1. The van der Waals surface area contributed by atoms with Gasteiger partial charge >= 0.3 is 0 Å². The maximum absolute atomic E-state index is 5.68. The molecule has 6 nitrogen and oxygen atoms in total. The quantitative estimate of drug-likeness (QED) is 0.513. The molecule has 0 atom stereocenters. The van der Waals surface area contributed by atoms with Gasteiger partial charge in [0.2, 0.25) is 5.16 Å². The van der Waals surface area contributed by atoms with E-state index in [1.165, 1.54) is 11.8 Å². The van der Waals surface area contributed by atoms with E-state index in [0.717, 1.165) is 22.5 Å². The standard InChI is InChI=1S/C16H16N4O2S/c1-12-18-19-16(23-2)20(12)17-10-14-8-9-15(22-14)11-21-13-6-4-3-5-7-13/h3-10H,11H2,1-2H3/b17-10-. The molecular formula is C16H16N4O2S. The third-order valence-electron chi connectivity index (χ3n) is 3.06. The van der Waals surface area contributed by atoms with E-state index in [1.807, 2.05) is 55.6 Å². The molecule has 2 aromatic heterocycles. The van der Waals surface area contributed by atoms with Gasteiger partial charge in [0.25, 0.3) is 0 Å². The number of aromatic nitrogens is 3. The maximum atomic E-state index is 5.68. The molecule has 2 heterocycles. The fraction of sp³-hybridized carbons (Fsp3) is 0.188. The van der Waals surface area contributed by atoms with Gasteiger partial charge in [-0.2, -0.15) is 9.78 Å². The van der Waals surface area contributed by atoms with E-state index in [2.05, 4.69) is 15.3 Å². The van der Waals surface area contributed by atoms with Gasteiger partial charge in [0, 0.05) is 0 Å². The number of thioether (sulfide) groups is 1. The molecule has 0 aliphatic heterocycles. The largest absolute Gasteiger partial charge is 0.486 e. The van der Waals surface area contributed by atoms with E-state index in [-0.39, 0.29) is 0 Å². The normalized spacial score (nSPS) is 11.2. The van der Waals surface area contributed by atoms with E-state index >= 15 is 0 Å². The first-order valence-corrected chi connectivity index (χ1v) is 8.25. The fourth-order valence-electron chi connectivity index (χ4n) is 1.93. The van der Waals surface area contributed by atoms with Crippen molar-refractivity contribution in [1.29, 1.82) is 0 Å². The summed E-state index contributed by atoms with van der Waals surface area (Å²) >= 11 is 1.49. The second-order valence-corrected chi connectivity index (χ2v) is 5.47. The Morgan fingerprint density at radius 3 is 2.83 bits per heavy atom. The average molecular weight is 328 g/mol. The van der Waals surface area contributed by atoms with Crippen LogP contribution in [0.3, 0.4) is 0 Å². The first kappa shape index (κ1) is 15.4. The van der Waals surface area contributed by atoms with Crippen LogP contribution in [0.5, 0.6) is 5.75 Å². The van der Waals surface area contributed by atoms with Crippen LogP contribution in [0, 0.1) is 6.92 Å². The topological polar surface area (TPSA) is 65.4 Å². The van der Waals surface area contributed by atoms with Gasteiger partial charge in [-0.05, 0) is 37.4 Å². The Bertz CT molecular complexity index is 796. The minimum absolute atomic E-state index is 0.375. The van der Waals surface area contributed by atoms with Crippen LogP contribution in [0.2, 0.25) is 0 Å². The summed E-state index contributed by atoms with van der Waals surface area (Å²) in [6, 6.07) is 13.4. The lowest BCUT2D eigenvalue weighted by Crippen LogP contribution is -1.95. The van der Waals surface area contributed by atoms with Crippen molar-refractivity contribution in [2.45, 2.75) is 18.7 Å². The van der Waals surface area contributed by atoms with Gasteiger partial charge in [-0.1, -0.05) is 30.0 Å². The number of ether oxygens (including phenoxy) is 1. The lowest BCUT2D eigenvalue weighted by Gasteiger charge is -2.02. The molecule has 0 bridgehead atoms. The van der Waals surface area contributed by atoms with E-state index in [1.54, 1.807) is 10.9 Å². The van der Waals surface area contributed by atoms with Crippen LogP contribution in [-0.2, 0) is 6.61 Å². The van der Waals surface area contributed by atoms with Gasteiger partial charge in [-0.3, -0.25) is 0 Å². The molecule has 7 heteroatoms. The fourth-order valence-corrected chi connectivity index (χ4v) is 2.40. The van der Waals surface area contributed by atoms with Crippen LogP contribution in [0.15, 0.2) is 57.1 Å². The Labute approximate surface area is 138 Å². The summed E-state index contributed by atoms with van der Waals surface area (Å²) < 4.78 is 13.0. The van der Waals surface area contributed by atoms with Crippen molar-refractivity contribution in [3.8, 4) is 5.75 Å². The average Bonchev–Trinajstić information content (AvgIpc) is 3.18. The molecule has 3 aromatic rings. The molecule has 118 valence electrons. The zero-order valence-electron chi connectivity index (χ0n) is 12.8. The van der Waals surface area contributed by atoms with Gasteiger partial charge in [0.1, 0.15) is 23.9 Å². The van der Waals surface area contributed by atoms with Crippen LogP contribution in [0.25, 0.3) is 0 Å². The first-order valence-electron chi connectivity index (χ1n) is 7.03. The van der Waals surface area contributed by atoms with Crippen molar-refractivity contribution < 1.29 is 9.15 Å². The number of hydrogen-bond acceptors (Lipinski definition) is 6. The Balaban J connectivity index is 1.65. The molecule has 0 saturated heterocycles. The summed E-state index contributed by atoms with van der Waals surface area (Å²) in [5.74, 6) is 2.92. The van der Waals surface area contributed by atoms with Crippen molar-refractivity contribution in [1.82, 2.24) is 14.9 Å². The van der Waals surface area contributed by atoms with Crippen LogP contribution >= 0.6 is 11.8 Å². The van der Waals surface area contributed by atoms with Crippen molar-refractivity contribution in [3.63, 3.8) is 0 Å². The molecule has 0 fully saturated rings. The van der Waals surface area contributed by atoms with E-state index in [4.69, 9.17) is 9.15 Å². The van der Waals surface area contributed by atoms with E-state index < -0.39 is 0 Å². The highest BCUT2D eigenvalue weighted by atomic mass is 32.2. The van der Waals surface area contributed by atoms with Gasteiger partial charge in [-0.15, -0.1) is 10.2 Å². The molecule has 0 radical (unpaired) electrons. The van der Waals surface area contributed by atoms with Crippen LogP contribution in [0.4, 0.5) is 0 Å². The van der Waals surface area contributed by atoms with Gasteiger partial charge in [0.15, 0.2) is 5.82 Å². The Kier molecular flexibility index (Phi) is 4.77. The molecule has 0 amide bonds. The van der Waals surface area contributed by atoms with Crippen molar-refractivity contribution in [3.05, 3.63) is 59.8 Å². The zero-order chi connectivity index (χ0) is 16.1. The second kappa shape index (κ2) is 7.15. The number of nitrogens with zero attached hydrogens (tertiary/aromatic N) is 4. The summed E-state index contributed by atoms with van der Waals surface area (Å²) in [6.07, 6.45) is 3.57. The third-order valence-corrected chi connectivity index (χ3v) is 3.68. The maximum Gasteiger partial charge on any atom is 0.211 e.